The maximum Gasteiger partial charge on any atom is 0.242 e. The molecule has 6 heteroatoms. The van der Waals surface area contributed by atoms with E-state index in [2.05, 4.69) is 5.32 Å². The van der Waals surface area contributed by atoms with E-state index in [1.54, 1.807) is 6.92 Å². The number of methoxy groups -OCH3 is 2. The summed E-state index contributed by atoms with van der Waals surface area (Å²) in [4.78, 5) is 11.5. The van der Waals surface area contributed by atoms with Gasteiger partial charge in [-0.3, -0.25) is 10.1 Å². The highest BCUT2D eigenvalue weighted by Crippen LogP contribution is 2.16. The average molecular weight is 246 g/mol. The molecular formula is C11H22N2O4. The Morgan fingerprint density at radius 3 is 2.65 bits per heavy atom. The first-order valence-electron chi connectivity index (χ1n) is 5.76. The van der Waals surface area contributed by atoms with Crippen LogP contribution in [0.2, 0.25) is 0 Å². The minimum atomic E-state index is -1.06. The fourth-order valence-corrected chi connectivity index (χ4v) is 1.99. The van der Waals surface area contributed by atoms with Gasteiger partial charge in [-0.2, -0.15) is 0 Å². The third kappa shape index (κ3) is 3.38. The maximum atomic E-state index is 11.5. The summed E-state index contributed by atoms with van der Waals surface area (Å²) in [6, 6.07) is 0. The van der Waals surface area contributed by atoms with Crippen LogP contribution in [0.3, 0.4) is 0 Å². The summed E-state index contributed by atoms with van der Waals surface area (Å²) in [6.45, 7) is 3.00. The number of nitrogens with two attached hydrogens (primary N) is 1. The van der Waals surface area contributed by atoms with Crippen LogP contribution < -0.4 is 11.1 Å². The first-order chi connectivity index (χ1) is 8.04. The van der Waals surface area contributed by atoms with Crippen LogP contribution in [-0.4, -0.2) is 51.2 Å². The largest absolute Gasteiger partial charge is 0.377 e. The highest BCUT2D eigenvalue weighted by molar-refractivity contribution is 5.84. The summed E-state index contributed by atoms with van der Waals surface area (Å²) < 4.78 is 15.7. The second kappa shape index (κ2) is 6.30. The van der Waals surface area contributed by atoms with E-state index in [1.807, 2.05) is 0 Å². The fourth-order valence-electron chi connectivity index (χ4n) is 1.99. The molecule has 1 aliphatic heterocycles. The van der Waals surface area contributed by atoms with Gasteiger partial charge in [-0.25, -0.2) is 0 Å². The summed E-state index contributed by atoms with van der Waals surface area (Å²) >= 11 is 0. The van der Waals surface area contributed by atoms with Gasteiger partial charge in [0.05, 0.1) is 6.10 Å². The lowest BCUT2D eigenvalue weighted by atomic mass is 10.00. The van der Waals surface area contributed by atoms with Gasteiger partial charge in [0.25, 0.3) is 0 Å². The molecular weight excluding hydrogens is 224 g/mol. The molecule has 2 atom stereocenters. The topological polar surface area (TPSA) is 82.8 Å². The lowest BCUT2D eigenvalue weighted by Gasteiger charge is -2.34. The van der Waals surface area contributed by atoms with Crippen molar-refractivity contribution in [2.75, 3.05) is 27.4 Å². The van der Waals surface area contributed by atoms with Crippen molar-refractivity contribution in [3.8, 4) is 0 Å². The van der Waals surface area contributed by atoms with Crippen LogP contribution in [-0.2, 0) is 19.0 Å². The number of hydrogen-bond acceptors (Lipinski definition) is 5. The SMILES string of the molecule is COC(OC)C(C)(NCC1CCCO1)C(N)=O. The molecule has 0 aromatic heterocycles. The summed E-state index contributed by atoms with van der Waals surface area (Å²) in [5.41, 5.74) is 4.35. The molecule has 100 valence electrons. The quantitative estimate of drug-likeness (QED) is 0.598. The normalized spacial score (nSPS) is 23.9. The maximum absolute atomic E-state index is 11.5. The molecule has 2 unspecified atom stereocenters. The van der Waals surface area contributed by atoms with E-state index < -0.39 is 17.7 Å². The predicted molar refractivity (Wildman–Crippen MR) is 62.4 cm³/mol. The standard InChI is InChI=1S/C11H22N2O4/c1-11(9(12)14,10(15-2)16-3)13-7-8-5-4-6-17-8/h8,10,13H,4-7H2,1-3H3,(H2,12,14). The molecule has 0 radical (unpaired) electrons. The van der Waals surface area contributed by atoms with Crippen molar-refractivity contribution in [3.05, 3.63) is 0 Å². The Morgan fingerprint density at radius 1 is 1.59 bits per heavy atom. The van der Waals surface area contributed by atoms with E-state index in [4.69, 9.17) is 19.9 Å². The van der Waals surface area contributed by atoms with E-state index in [0.29, 0.717) is 6.54 Å². The molecule has 3 N–H and O–H groups in total. The van der Waals surface area contributed by atoms with Gasteiger partial charge in [-0.1, -0.05) is 0 Å². The number of primary amides is 1. The van der Waals surface area contributed by atoms with Gasteiger partial charge in [0, 0.05) is 27.4 Å². The van der Waals surface area contributed by atoms with Crippen LogP contribution in [0.25, 0.3) is 0 Å². The fraction of sp³-hybridized carbons (Fsp3) is 0.909. The highest BCUT2D eigenvalue weighted by atomic mass is 16.7. The van der Waals surface area contributed by atoms with E-state index in [9.17, 15) is 4.79 Å². The highest BCUT2D eigenvalue weighted by Gasteiger charge is 2.41. The van der Waals surface area contributed by atoms with Crippen molar-refractivity contribution in [3.63, 3.8) is 0 Å². The minimum absolute atomic E-state index is 0.128. The van der Waals surface area contributed by atoms with Crippen molar-refractivity contribution in [1.82, 2.24) is 5.32 Å². The van der Waals surface area contributed by atoms with E-state index in [0.717, 1.165) is 19.4 Å². The van der Waals surface area contributed by atoms with Gasteiger partial charge in [-0.15, -0.1) is 0 Å². The Morgan fingerprint density at radius 2 is 2.24 bits per heavy atom. The smallest absolute Gasteiger partial charge is 0.242 e. The Hall–Kier alpha value is -0.690. The zero-order valence-corrected chi connectivity index (χ0v) is 10.7. The van der Waals surface area contributed by atoms with Crippen LogP contribution in [0, 0.1) is 0 Å². The van der Waals surface area contributed by atoms with Crippen LogP contribution in [0.15, 0.2) is 0 Å². The molecule has 0 aromatic carbocycles. The number of rotatable bonds is 7. The zero-order valence-electron chi connectivity index (χ0n) is 10.7. The van der Waals surface area contributed by atoms with Crippen LogP contribution in [0.1, 0.15) is 19.8 Å². The molecule has 1 amide bonds. The van der Waals surface area contributed by atoms with E-state index in [1.165, 1.54) is 14.2 Å². The summed E-state index contributed by atoms with van der Waals surface area (Å²) in [5, 5.41) is 3.09. The summed E-state index contributed by atoms with van der Waals surface area (Å²) in [5.74, 6) is -0.510. The lowest BCUT2D eigenvalue weighted by Crippen LogP contribution is -2.63. The molecule has 1 aliphatic rings. The van der Waals surface area contributed by atoms with Gasteiger partial charge >= 0.3 is 0 Å². The molecule has 1 saturated heterocycles. The van der Waals surface area contributed by atoms with Crippen molar-refractivity contribution in [1.29, 1.82) is 0 Å². The molecule has 0 bridgehead atoms. The van der Waals surface area contributed by atoms with Crippen molar-refractivity contribution >= 4 is 5.91 Å². The molecule has 0 spiro atoms. The Bertz CT molecular complexity index is 252. The second-order valence-electron chi connectivity index (χ2n) is 4.39. The van der Waals surface area contributed by atoms with Gasteiger partial charge < -0.3 is 19.9 Å². The first kappa shape index (κ1) is 14.4. The minimum Gasteiger partial charge on any atom is -0.377 e. The van der Waals surface area contributed by atoms with E-state index >= 15 is 0 Å². The molecule has 0 saturated carbocycles. The first-order valence-corrected chi connectivity index (χ1v) is 5.76. The predicted octanol–water partition coefficient (Wildman–Crippen LogP) is -0.382. The van der Waals surface area contributed by atoms with Gasteiger partial charge in [0.15, 0.2) is 6.29 Å². The number of nitrogens with one attached hydrogen (secondary N) is 1. The van der Waals surface area contributed by atoms with Crippen molar-refractivity contribution in [2.24, 2.45) is 5.73 Å². The van der Waals surface area contributed by atoms with Gasteiger partial charge in [-0.05, 0) is 19.8 Å². The number of ether oxygens (including phenoxy) is 3. The van der Waals surface area contributed by atoms with Gasteiger partial charge in [0.2, 0.25) is 5.91 Å². The molecule has 17 heavy (non-hydrogen) atoms. The van der Waals surface area contributed by atoms with Crippen molar-refractivity contribution < 1.29 is 19.0 Å². The summed E-state index contributed by atoms with van der Waals surface area (Å²) in [6.07, 6.45) is 1.45. The number of amides is 1. The number of carbonyl (C=O) groups is 1. The monoisotopic (exact) mass is 246 g/mol. The lowest BCUT2D eigenvalue weighted by molar-refractivity contribution is -0.166. The number of hydrogen-bond donors (Lipinski definition) is 2. The van der Waals surface area contributed by atoms with Gasteiger partial charge in [0.1, 0.15) is 5.54 Å². The molecule has 1 fully saturated rings. The molecule has 0 aliphatic carbocycles. The van der Waals surface area contributed by atoms with Crippen LogP contribution in [0.5, 0.6) is 0 Å². The molecule has 6 nitrogen and oxygen atoms in total. The molecule has 1 heterocycles. The molecule has 0 aromatic rings. The van der Waals surface area contributed by atoms with E-state index in [-0.39, 0.29) is 6.10 Å². The Labute approximate surface area is 102 Å². The van der Waals surface area contributed by atoms with Crippen LogP contribution in [0.4, 0.5) is 0 Å². The third-order valence-electron chi connectivity index (χ3n) is 3.13. The second-order valence-corrected chi connectivity index (χ2v) is 4.39. The zero-order chi connectivity index (χ0) is 12.9. The number of carbonyl (C=O) groups excluding carboxylic acids is 1. The van der Waals surface area contributed by atoms with Crippen LogP contribution >= 0.6 is 0 Å². The van der Waals surface area contributed by atoms with Crippen molar-refractivity contribution in [2.45, 2.75) is 37.7 Å². The average Bonchev–Trinajstić information content (AvgIpc) is 2.80. The molecule has 1 rings (SSSR count). The Kier molecular flexibility index (Phi) is 5.32. The summed E-state index contributed by atoms with van der Waals surface area (Å²) in [7, 11) is 2.95. The third-order valence-corrected chi connectivity index (χ3v) is 3.13. The Balaban J connectivity index is 2.60.